The Morgan fingerprint density at radius 3 is 2.76 bits per heavy atom. The largest absolute Gasteiger partial charge is 0.353 e. The minimum absolute atomic E-state index is 0.158. The summed E-state index contributed by atoms with van der Waals surface area (Å²) in [6.07, 6.45) is 6.91. The van der Waals surface area contributed by atoms with Gasteiger partial charge in [0.25, 0.3) is 0 Å². The van der Waals surface area contributed by atoms with Crippen LogP contribution in [-0.4, -0.2) is 23.4 Å². The molecule has 116 valence electrons. The number of hydrogen-bond acceptors (Lipinski definition) is 4. The van der Waals surface area contributed by atoms with E-state index in [0.717, 1.165) is 31.4 Å². The van der Waals surface area contributed by atoms with E-state index in [-0.39, 0.29) is 6.29 Å². The van der Waals surface area contributed by atoms with Crippen molar-refractivity contribution in [3.8, 4) is 0 Å². The van der Waals surface area contributed by atoms with E-state index in [0.29, 0.717) is 17.4 Å². The first-order chi connectivity index (χ1) is 10.0. The molecule has 1 aromatic carbocycles. The van der Waals surface area contributed by atoms with Gasteiger partial charge >= 0.3 is 0 Å². The molecule has 2 atom stereocenters. The molecule has 3 rings (SSSR count). The maximum atomic E-state index is 12.1. The molecule has 1 heterocycles. The van der Waals surface area contributed by atoms with Gasteiger partial charge in [-0.3, -0.25) is 0 Å². The second-order valence-corrected chi connectivity index (χ2v) is 8.22. The SMILES string of the molecule is CS(=N)(=O)c1ccc(C2CC2)cc1COC1CCCCO1. The van der Waals surface area contributed by atoms with Crippen LogP contribution in [0.4, 0.5) is 0 Å². The maximum Gasteiger partial charge on any atom is 0.158 e. The van der Waals surface area contributed by atoms with Gasteiger partial charge in [-0.2, -0.15) is 0 Å². The summed E-state index contributed by atoms with van der Waals surface area (Å²) in [6, 6.07) is 5.95. The van der Waals surface area contributed by atoms with E-state index in [4.69, 9.17) is 14.3 Å². The minimum atomic E-state index is -2.73. The van der Waals surface area contributed by atoms with Crippen molar-refractivity contribution in [2.45, 2.75) is 55.8 Å². The van der Waals surface area contributed by atoms with Crippen LogP contribution in [0, 0.1) is 4.78 Å². The molecule has 5 heteroatoms. The minimum Gasteiger partial charge on any atom is -0.353 e. The Balaban J connectivity index is 1.78. The molecule has 0 bridgehead atoms. The first kappa shape index (κ1) is 15.0. The van der Waals surface area contributed by atoms with Crippen molar-refractivity contribution in [2.24, 2.45) is 0 Å². The van der Waals surface area contributed by atoms with Crippen LogP contribution in [0.15, 0.2) is 23.1 Å². The molecule has 4 nitrogen and oxygen atoms in total. The lowest BCUT2D eigenvalue weighted by Crippen LogP contribution is -2.22. The van der Waals surface area contributed by atoms with Gasteiger partial charge in [0.15, 0.2) is 6.29 Å². The van der Waals surface area contributed by atoms with Gasteiger partial charge in [-0.05, 0) is 55.2 Å². The van der Waals surface area contributed by atoms with Gasteiger partial charge in [-0.1, -0.05) is 12.1 Å². The smallest absolute Gasteiger partial charge is 0.158 e. The molecule has 0 amide bonds. The molecule has 2 aliphatic rings. The van der Waals surface area contributed by atoms with Crippen molar-refractivity contribution < 1.29 is 13.7 Å². The number of rotatable bonds is 5. The Bertz CT molecular complexity index is 602. The van der Waals surface area contributed by atoms with E-state index in [2.05, 4.69) is 6.07 Å². The molecule has 0 spiro atoms. The van der Waals surface area contributed by atoms with Crippen molar-refractivity contribution in [3.63, 3.8) is 0 Å². The zero-order chi connectivity index (χ0) is 14.9. The molecule has 1 saturated heterocycles. The quantitative estimate of drug-likeness (QED) is 0.903. The second-order valence-electron chi connectivity index (χ2n) is 6.09. The lowest BCUT2D eigenvalue weighted by molar-refractivity contribution is -0.169. The van der Waals surface area contributed by atoms with Gasteiger partial charge in [0.05, 0.1) is 21.2 Å². The Morgan fingerprint density at radius 2 is 2.14 bits per heavy atom. The highest BCUT2D eigenvalue weighted by atomic mass is 32.2. The van der Waals surface area contributed by atoms with Crippen molar-refractivity contribution >= 4 is 9.73 Å². The monoisotopic (exact) mass is 309 g/mol. The number of nitrogens with one attached hydrogen (secondary N) is 1. The summed E-state index contributed by atoms with van der Waals surface area (Å²) in [5.41, 5.74) is 2.17. The summed E-state index contributed by atoms with van der Waals surface area (Å²) in [5, 5.41) is 0. The van der Waals surface area contributed by atoms with Crippen molar-refractivity contribution in [2.75, 3.05) is 12.9 Å². The lowest BCUT2D eigenvalue weighted by atomic mass is 10.1. The molecule has 2 fully saturated rings. The van der Waals surface area contributed by atoms with Crippen molar-refractivity contribution in [3.05, 3.63) is 29.3 Å². The molecular weight excluding hydrogens is 286 g/mol. The molecule has 1 N–H and O–H groups in total. The fourth-order valence-corrected chi connectivity index (χ4v) is 3.73. The predicted octanol–water partition coefficient (Wildman–Crippen LogP) is 3.64. The molecule has 1 saturated carbocycles. The molecule has 1 aliphatic heterocycles. The van der Waals surface area contributed by atoms with Crippen molar-refractivity contribution in [1.29, 1.82) is 4.78 Å². The number of benzene rings is 1. The number of ether oxygens (including phenoxy) is 2. The third kappa shape index (κ3) is 3.84. The van der Waals surface area contributed by atoms with Gasteiger partial charge in [0, 0.05) is 12.9 Å². The topological polar surface area (TPSA) is 59.4 Å². The van der Waals surface area contributed by atoms with E-state index >= 15 is 0 Å². The zero-order valence-corrected chi connectivity index (χ0v) is 13.3. The fraction of sp³-hybridized carbons (Fsp3) is 0.625. The normalized spacial score (nSPS) is 25.5. The number of hydrogen-bond donors (Lipinski definition) is 1. The van der Waals surface area contributed by atoms with E-state index in [1.165, 1.54) is 24.7 Å². The summed E-state index contributed by atoms with van der Waals surface area (Å²) in [6.45, 7) is 1.13. The van der Waals surface area contributed by atoms with E-state index in [1.807, 2.05) is 12.1 Å². The zero-order valence-electron chi connectivity index (χ0n) is 12.5. The molecule has 1 aromatic rings. The van der Waals surface area contributed by atoms with Crippen LogP contribution in [0.3, 0.4) is 0 Å². The van der Waals surface area contributed by atoms with E-state index in [1.54, 1.807) is 0 Å². The fourth-order valence-electron chi connectivity index (χ4n) is 2.79. The molecule has 0 radical (unpaired) electrons. The Labute approximate surface area is 126 Å². The lowest BCUT2D eigenvalue weighted by Gasteiger charge is -2.23. The highest BCUT2D eigenvalue weighted by Gasteiger charge is 2.25. The Morgan fingerprint density at radius 1 is 1.33 bits per heavy atom. The summed E-state index contributed by atoms with van der Waals surface area (Å²) < 4.78 is 31.4. The third-order valence-corrected chi connectivity index (χ3v) is 5.35. The summed E-state index contributed by atoms with van der Waals surface area (Å²) >= 11 is 0. The predicted molar refractivity (Wildman–Crippen MR) is 81.8 cm³/mol. The second kappa shape index (κ2) is 6.07. The Kier molecular flexibility index (Phi) is 4.33. The summed E-state index contributed by atoms with van der Waals surface area (Å²) in [4.78, 5) is 0.600. The van der Waals surface area contributed by atoms with Crippen LogP contribution < -0.4 is 0 Å². The molecular formula is C16H23NO3S. The third-order valence-electron chi connectivity index (χ3n) is 4.12. The average Bonchev–Trinajstić information content (AvgIpc) is 3.29. The van der Waals surface area contributed by atoms with Gasteiger partial charge in [0.2, 0.25) is 0 Å². The molecule has 21 heavy (non-hydrogen) atoms. The van der Waals surface area contributed by atoms with Crippen LogP contribution in [0.25, 0.3) is 0 Å². The summed E-state index contributed by atoms with van der Waals surface area (Å²) in [5.74, 6) is 0.641. The van der Waals surface area contributed by atoms with Crippen LogP contribution in [0.5, 0.6) is 0 Å². The van der Waals surface area contributed by atoms with E-state index in [9.17, 15) is 4.21 Å². The molecule has 0 aromatic heterocycles. The van der Waals surface area contributed by atoms with Crippen LogP contribution in [-0.2, 0) is 25.8 Å². The molecule has 1 aliphatic carbocycles. The van der Waals surface area contributed by atoms with Crippen molar-refractivity contribution in [1.82, 2.24) is 0 Å². The Hall–Kier alpha value is -0.910. The van der Waals surface area contributed by atoms with E-state index < -0.39 is 9.73 Å². The van der Waals surface area contributed by atoms with Crippen LogP contribution >= 0.6 is 0 Å². The van der Waals surface area contributed by atoms with Crippen LogP contribution in [0.1, 0.15) is 49.1 Å². The molecule has 2 unspecified atom stereocenters. The first-order valence-corrected chi connectivity index (χ1v) is 9.60. The van der Waals surface area contributed by atoms with Gasteiger partial charge in [-0.15, -0.1) is 0 Å². The van der Waals surface area contributed by atoms with Gasteiger partial charge in [-0.25, -0.2) is 8.99 Å². The van der Waals surface area contributed by atoms with Crippen LogP contribution in [0.2, 0.25) is 0 Å². The maximum absolute atomic E-state index is 12.1. The van der Waals surface area contributed by atoms with Gasteiger partial charge in [0.1, 0.15) is 0 Å². The van der Waals surface area contributed by atoms with Gasteiger partial charge < -0.3 is 9.47 Å². The first-order valence-electron chi connectivity index (χ1n) is 7.64. The summed E-state index contributed by atoms with van der Waals surface area (Å²) in [7, 11) is -2.73. The standard InChI is InChI=1S/C16H23NO3S/c1-21(17,18)15-8-7-13(12-5-6-12)10-14(15)11-20-16-4-2-3-9-19-16/h7-8,10,12,16-17H,2-6,9,11H2,1H3. The highest BCUT2D eigenvalue weighted by Crippen LogP contribution is 2.41. The highest BCUT2D eigenvalue weighted by molar-refractivity contribution is 7.91. The average molecular weight is 309 g/mol.